The number of guanidine groups is 1. The van der Waals surface area contributed by atoms with Gasteiger partial charge in [-0.1, -0.05) is 103 Å². The largest absolute Gasteiger partial charge is 0.370 e. The van der Waals surface area contributed by atoms with E-state index in [-0.39, 0.29) is 0 Å². The second kappa shape index (κ2) is 21.5. The van der Waals surface area contributed by atoms with E-state index in [2.05, 4.69) is 61.2 Å². The minimum Gasteiger partial charge on any atom is -0.370 e. The quantitative estimate of drug-likeness (QED) is 0.328. The standard InChI is InChI=1S/C17H28.C12H23N3.C2H6.CH5N/c1-5-9-17(7-3)14(4)12-16-11-8-10-15(6-2)13-16;1-15-9-11(14-12(15)13)8-7-10-5-3-2-4-6-10;2*1-2/h5,7,9,15-16H,4,6,8,10-13H2,1-3H3;10-11H,2-9H2,1H3,(H2,13,14);1-2H3;2H2,1H3/b9-5-,17-7+;;;. The first-order valence-corrected chi connectivity index (χ1v) is 15.1. The van der Waals surface area contributed by atoms with E-state index in [4.69, 9.17) is 5.73 Å². The third-order valence-corrected chi connectivity index (χ3v) is 7.89. The van der Waals surface area contributed by atoms with Crippen molar-refractivity contribution in [2.75, 3.05) is 20.6 Å². The summed E-state index contributed by atoms with van der Waals surface area (Å²) in [6.07, 6.45) is 24.5. The van der Waals surface area contributed by atoms with Crippen LogP contribution in [0.15, 0.2) is 40.9 Å². The fourth-order valence-electron chi connectivity index (χ4n) is 5.82. The topological polar surface area (TPSA) is 67.6 Å². The summed E-state index contributed by atoms with van der Waals surface area (Å²) in [7, 11) is 3.53. The Morgan fingerprint density at radius 3 is 2.11 bits per heavy atom. The van der Waals surface area contributed by atoms with Crippen LogP contribution in [-0.4, -0.2) is 37.5 Å². The van der Waals surface area contributed by atoms with E-state index in [1.54, 1.807) is 0 Å². The maximum atomic E-state index is 5.75. The van der Waals surface area contributed by atoms with E-state index in [1.165, 1.54) is 102 Å². The molecule has 0 radical (unpaired) electrons. The van der Waals surface area contributed by atoms with Crippen LogP contribution in [0.3, 0.4) is 0 Å². The summed E-state index contributed by atoms with van der Waals surface area (Å²) in [5.74, 6) is 3.54. The summed E-state index contributed by atoms with van der Waals surface area (Å²) in [5.41, 5.74) is 12.9. The molecule has 36 heavy (non-hydrogen) atoms. The zero-order chi connectivity index (χ0) is 27.3. The van der Waals surface area contributed by atoms with Crippen LogP contribution in [0, 0.1) is 17.8 Å². The average molecular weight is 503 g/mol. The van der Waals surface area contributed by atoms with Gasteiger partial charge in [0.05, 0.1) is 6.04 Å². The molecule has 3 unspecified atom stereocenters. The van der Waals surface area contributed by atoms with Crippen LogP contribution in [0.1, 0.15) is 118 Å². The summed E-state index contributed by atoms with van der Waals surface area (Å²) in [5, 5.41) is 0. The number of nitrogens with two attached hydrogens (primary N) is 2. The highest BCUT2D eigenvalue weighted by Crippen LogP contribution is 2.35. The van der Waals surface area contributed by atoms with Gasteiger partial charge in [0.15, 0.2) is 5.96 Å². The molecule has 3 aliphatic rings. The van der Waals surface area contributed by atoms with Crippen molar-refractivity contribution in [2.45, 2.75) is 124 Å². The molecule has 0 bridgehead atoms. The lowest BCUT2D eigenvalue weighted by Gasteiger charge is -2.29. The van der Waals surface area contributed by atoms with E-state index in [9.17, 15) is 0 Å². The zero-order valence-electron chi connectivity index (χ0n) is 25.2. The van der Waals surface area contributed by atoms with Crippen molar-refractivity contribution < 1.29 is 0 Å². The van der Waals surface area contributed by atoms with Gasteiger partial charge in [-0.15, -0.1) is 0 Å². The van der Waals surface area contributed by atoms with Gasteiger partial charge in [-0.2, -0.15) is 0 Å². The van der Waals surface area contributed by atoms with E-state index in [0.29, 0.717) is 6.04 Å². The molecule has 0 aromatic carbocycles. The molecular weight excluding hydrogens is 440 g/mol. The average Bonchev–Trinajstić information content (AvgIpc) is 3.26. The molecule has 0 saturated heterocycles. The fraction of sp³-hybridized carbons (Fsp3) is 0.781. The monoisotopic (exact) mass is 502 g/mol. The Bertz CT molecular complexity index is 643. The minimum atomic E-state index is 0.469. The first-order valence-electron chi connectivity index (χ1n) is 15.1. The molecule has 3 atom stereocenters. The Morgan fingerprint density at radius 2 is 1.58 bits per heavy atom. The van der Waals surface area contributed by atoms with Crippen LogP contribution in [0.5, 0.6) is 0 Å². The van der Waals surface area contributed by atoms with E-state index in [0.717, 1.165) is 30.3 Å². The summed E-state index contributed by atoms with van der Waals surface area (Å²) in [6, 6.07) is 0.469. The van der Waals surface area contributed by atoms with Gasteiger partial charge in [-0.3, -0.25) is 0 Å². The summed E-state index contributed by atoms with van der Waals surface area (Å²) < 4.78 is 0. The Hall–Kier alpha value is -1.55. The summed E-state index contributed by atoms with van der Waals surface area (Å²) >= 11 is 0. The van der Waals surface area contributed by atoms with Gasteiger partial charge < -0.3 is 16.4 Å². The lowest BCUT2D eigenvalue weighted by molar-refractivity contribution is 0.260. The zero-order valence-corrected chi connectivity index (χ0v) is 25.2. The molecule has 0 spiro atoms. The molecular formula is C32H62N4. The molecule has 3 rings (SSSR count). The van der Waals surface area contributed by atoms with Gasteiger partial charge in [0, 0.05) is 13.6 Å². The van der Waals surface area contributed by atoms with Crippen LogP contribution in [0.4, 0.5) is 0 Å². The minimum absolute atomic E-state index is 0.469. The number of aliphatic imine (C=N–C) groups is 1. The highest BCUT2D eigenvalue weighted by molar-refractivity contribution is 5.79. The number of hydrogen-bond donors (Lipinski definition) is 2. The van der Waals surface area contributed by atoms with Crippen molar-refractivity contribution in [3.05, 3.63) is 36.0 Å². The molecule has 1 heterocycles. The molecule has 210 valence electrons. The molecule has 0 aromatic heterocycles. The lowest BCUT2D eigenvalue weighted by atomic mass is 9.77. The van der Waals surface area contributed by atoms with Crippen molar-refractivity contribution in [1.29, 1.82) is 0 Å². The van der Waals surface area contributed by atoms with Gasteiger partial charge in [0.25, 0.3) is 0 Å². The number of hydrogen-bond acceptors (Lipinski definition) is 4. The van der Waals surface area contributed by atoms with E-state index < -0.39 is 0 Å². The van der Waals surface area contributed by atoms with Crippen molar-refractivity contribution in [3.8, 4) is 0 Å². The molecule has 2 aliphatic carbocycles. The molecule has 4 N–H and O–H groups in total. The molecule has 0 aromatic rings. The maximum Gasteiger partial charge on any atom is 0.191 e. The number of nitrogens with zero attached hydrogens (tertiary/aromatic N) is 2. The second-order valence-corrected chi connectivity index (χ2v) is 10.5. The maximum absolute atomic E-state index is 5.75. The van der Waals surface area contributed by atoms with Gasteiger partial charge in [-0.05, 0) is 75.5 Å². The molecule has 2 saturated carbocycles. The van der Waals surface area contributed by atoms with Crippen molar-refractivity contribution >= 4 is 5.96 Å². The van der Waals surface area contributed by atoms with Gasteiger partial charge in [0.1, 0.15) is 0 Å². The van der Waals surface area contributed by atoms with E-state index in [1.807, 2.05) is 20.9 Å². The Labute approximate surface area is 225 Å². The molecule has 0 amide bonds. The van der Waals surface area contributed by atoms with Crippen LogP contribution in [0.25, 0.3) is 0 Å². The molecule has 4 nitrogen and oxygen atoms in total. The second-order valence-electron chi connectivity index (χ2n) is 10.5. The Morgan fingerprint density at radius 1 is 0.972 bits per heavy atom. The Balaban J connectivity index is 0.000000600. The smallest absolute Gasteiger partial charge is 0.191 e. The Kier molecular flexibility index (Phi) is 20.6. The normalized spacial score (nSPS) is 24.6. The van der Waals surface area contributed by atoms with Gasteiger partial charge >= 0.3 is 0 Å². The molecule has 1 aliphatic heterocycles. The summed E-state index contributed by atoms with van der Waals surface area (Å²) in [4.78, 5) is 6.54. The number of allylic oxidation sites excluding steroid dienone is 5. The van der Waals surface area contributed by atoms with Crippen molar-refractivity contribution in [2.24, 2.45) is 34.2 Å². The van der Waals surface area contributed by atoms with Crippen LogP contribution in [0.2, 0.25) is 0 Å². The highest BCUT2D eigenvalue weighted by Gasteiger charge is 2.22. The third-order valence-electron chi connectivity index (χ3n) is 7.89. The fourth-order valence-corrected chi connectivity index (χ4v) is 5.82. The van der Waals surface area contributed by atoms with Crippen LogP contribution in [-0.2, 0) is 0 Å². The first kappa shape index (κ1) is 34.5. The summed E-state index contributed by atoms with van der Waals surface area (Å²) in [6.45, 7) is 15.8. The predicted molar refractivity (Wildman–Crippen MR) is 163 cm³/mol. The lowest BCUT2D eigenvalue weighted by Crippen LogP contribution is -2.30. The number of rotatable bonds is 8. The predicted octanol–water partition coefficient (Wildman–Crippen LogP) is 8.25. The van der Waals surface area contributed by atoms with Crippen LogP contribution < -0.4 is 11.5 Å². The molecule has 2 fully saturated rings. The van der Waals surface area contributed by atoms with Gasteiger partial charge in [0.2, 0.25) is 0 Å². The molecule has 4 heteroatoms. The SMILES string of the molecule is C=C(CC1CCCC(CC)C1)C(/C=C\C)=C/C.CC.CN.CN1CC(CCC2CCCCC2)N=C1N. The third kappa shape index (κ3) is 13.7. The first-order chi connectivity index (χ1) is 17.5. The highest BCUT2D eigenvalue weighted by atomic mass is 15.3. The van der Waals surface area contributed by atoms with Crippen molar-refractivity contribution in [3.63, 3.8) is 0 Å². The van der Waals surface area contributed by atoms with Crippen LogP contribution >= 0.6 is 0 Å². The van der Waals surface area contributed by atoms with Gasteiger partial charge in [-0.25, -0.2) is 4.99 Å². The number of likely N-dealkylation sites (N-methyl/N-ethyl adjacent to an activating group) is 1. The van der Waals surface area contributed by atoms with Crippen molar-refractivity contribution in [1.82, 2.24) is 4.90 Å². The van der Waals surface area contributed by atoms with E-state index >= 15 is 0 Å².